The number of ether oxygens (including phenoxy) is 2. The molecule has 0 aliphatic heterocycles. The molecular formula is C19H44O7Si4. The van der Waals surface area contributed by atoms with E-state index in [2.05, 4.69) is 65.5 Å². The van der Waals surface area contributed by atoms with Gasteiger partial charge < -0.3 is 26.9 Å². The van der Waals surface area contributed by atoms with Gasteiger partial charge in [0, 0.05) is 18.0 Å². The first-order valence-electron chi connectivity index (χ1n) is 10.5. The number of esters is 1. The third-order valence-corrected chi connectivity index (χ3v) is 15.2. The quantitative estimate of drug-likeness (QED) is 0.161. The smallest absolute Gasteiger partial charge is 0.432 e. The van der Waals surface area contributed by atoms with Crippen molar-refractivity contribution < 1.29 is 31.7 Å². The molecule has 0 rings (SSSR count). The molecule has 178 valence electrons. The average Bonchev–Trinajstić information content (AvgIpc) is 2.43. The van der Waals surface area contributed by atoms with Crippen LogP contribution < -0.4 is 0 Å². The maximum atomic E-state index is 12.1. The van der Waals surface area contributed by atoms with E-state index < -0.39 is 52.1 Å². The van der Waals surface area contributed by atoms with Gasteiger partial charge in [0.05, 0.1) is 12.7 Å². The van der Waals surface area contributed by atoms with Crippen molar-refractivity contribution in [2.24, 2.45) is 0 Å². The summed E-state index contributed by atoms with van der Waals surface area (Å²) < 4.78 is 31.1. The van der Waals surface area contributed by atoms with Gasteiger partial charge in [-0.2, -0.15) is 0 Å². The summed E-state index contributed by atoms with van der Waals surface area (Å²) in [6.07, 6.45) is -1.15. The summed E-state index contributed by atoms with van der Waals surface area (Å²) in [5.41, 5.74) is 0.291. The summed E-state index contributed by atoms with van der Waals surface area (Å²) in [6, 6.07) is 0.472. The molecule has 0 saturated carbocycles. The van der Waals surface area contributed by atoms with Crippen LogP contribution in [0.4, 0.5) is 0 Å². The third-order valence-electron chi connectivity index (χ3n) is 3.18. The molecule has 1 N–H and O–H groups in total. The summed E-state index contributed by atoms with van der Waals surface area (Å²) in [5, 5.41) is 9.60. The normalized spacial score (nSPS) is 15.6. The topological polar surface area (TPSA) is 83.5 Å². The molecule has 0 aromatic heterocycles. The zero-order chi connectivity index (χ0) is 24.0. The van der Waals surface area contributed by atoms with Crippen LogP contribution in [0.25, 0.3) is 0 Å². The number of hydrogen-bond donors (Lipinski definition) is 1. The first-order chi connectivity index (χ1) is 13.2. The van der Waals surface area contributed by atoms with Crippen LogP contribution in [0.2, 0.25) is 65.0 Å². The van der Waals surface area contributed by atoms with Crippen LogP contribution >= 0.6 is 0 Å². The number of carbonyl (C=O) groups excluding carboxylic acids is 1. The minimum Gasteiger partial charge on any atom is -0.432 e. The highest BCUT2D eigenvalue weighted by Gasteiger charge is 2.50. The second-order valence-electron chi connectivity index (χ2n) is 10.7. The van der Waals surface area contributed by atoms with E-state index in [1.807, 2.05) is 0 Å². The van der Waals surface area contributed by atoms with E-state index in [-0.39, 0.29) is 6.61 Å². The number of aliphatic hydroxyl groups is 1. The van der Waals surface area contributed by atoms with Crippen LogP contribution in [0, 0.1) is 0 Å². The largest absolute Gasteiger partial charge is 0.469 e. The van der Waals surface area contributed by atoms with E-state index in [4.69, 9.17) is 21.8 Å². The summed E-state index contributed by atoms with van der Waals surface area (Å²) in [6.45, 7) is 26.0. The standard InChI is InChI=1S/C19H44O7Si4/c1-16(2)19(21)23-18(22-15-17(3)20)13-14-30(24-27(4,5)6,25-28(7,8)9)26-29(10,11)12/h17-18,20H,1,13-15H2,2-12H3. The highest BCUT2D eigenvalue weighted by molar-refractivity contribution is 6.90. The first-order valence-corrected chi connectivity index (χ1v) is 22.7. The zero-order valence-corrected chi connectivity index (χ0v) is 24.9. The van der Waals surface area contributed by atoms with E-state index in [1.54, 1.807) is 13.8 Å². The molecule has 0 saturated heterocycles. The van der Waals surface area contributed by atoms with Gasteiger partial charge >= 0.3 is 14.8 Å². The lowest BCUT2D eigenvalue weighted by atomic mass is 10.3. The minimum atomic E-state index is -3.07. The monoisotopic (exact) mass is 496 g/mol. The highest BCUT2D eigenvalue weighted by atomic mass is 28.5. The molecule has 0 heterocycles. The predicted octanol–water partition coefficient (Wildman–Crippen LogP) is 4.71. The maximum Gasteiger partial charge on any atom is 0.469 e. The molecule has 2 atom stereocenters. The van der Waals surface area contributed by atoms with Crippen molar-refractivity contribution in [2.45, 2.75) is 97.6 Å². The van der Waals surface area contributed by atoms with E-state index in [9.17, 15) is 9.90 Å². The van der Waals surface area contributed by atoms with E-state index in [0.717, 1.165) is 0 Å². The third kappa shape index (κ3) is 14.8. The van der Waals surface area contributed by atoms with Gasteiger partial charge in [-0.15, -0.1) is 0 Å². The fraction of sp³-hybridized carbons (Fsp3) is 0.842. The van der Waals surface area contributed by atoms with Crippen molar-refractivity contribution in [3.05, 3.63) is 12.2 Å². The Kier molecular flexibility index (Phi) is 11.6. The SMILES string of the molecule is C=C(C)C(=O)OC(CC[Si](O[Si](C)(C)C)(O[Si](C)(C)C)O[Si](C)(C)C)OCC(C)O. The molecule has 0 fully saturated rings. The fourth-order valence-electron chi connectivity index (χ4n) is 2.55. The molecule has 0 aliphatic carbocycles. The van der Waals surface area contributed by atoms with Gasteiger partial charge in [0.15, 0.2) is 25.0 Å². The molecule has 0 amide bonds. The van der Waals surface area contributed by atoms with Crippen LogP contribution in [-0.2, 0) is 26.6 Å². The van der Waals surface area contributed by atoms with E-state index in [0.29, 0.717) is 18.0 Å². The second-order valence-corrected chi connectivity index (χ2v) is 27.7. The van der Waals surface area contributed by atoms with Crippen molar-refractivity contribution in [1.82, 2.24) is 0 Å². The Balaban J connectivity index is 5.80. The molecule has 30 heavy (non-hydrogen) atoms. The number of hydrogen-bond acceptors (Lipinski definition) is 7. The van der Waals surface area contributed by atoms with Gasteiger partial charge in [0.25, 0.3) is 0 Å². The molecule has 0 spiro atoms. The Morgan fingerprint density at radius 1 is 0.900 bits per heavy atom. The van der Waals surface area contributed by atoms with Gasteiger partial charge in [-0.3, -0.25) is 0 Å². The fourth-order valence-corrected chi connectivity index (χ4v) is 17.2. The predicted molar refractivity (Wildman–Crippen MR) is 131 cm³/mol. The Morgan fingerprint density at radius 2 is 1.30 bits per heavy atom. The minimum absolute atomic E-state index is 0.0569. The second kappa shape index (κ2) is 11.7. The number of carbonyl (C=O) groups is 1. The number of aliphatic hydroxyl groups excluding tert-OH is 1. The number of rotatable bonds is 14. The molecule has 2 unspecified atom stereocenters. The Hall–Kier alpha value is -0.122. The van der Waals surface area contributed by atoms with Crippen LogP contribution in [0.15, 0.2) is 12.2 Å². The van der Waals surface area contributed by atoms with E-state index >= 15 is 0 Å². The van der Waals surface area contributed by atoms with Gasteiger partial charge in [-0.1, -0.05) is 6.58 Å². The molecule has 11 heteroatoms. The Morgan fingerprint density at radius 3 is 1.60 bits per heavy atom. The molecule has 0 bridgehead atoms. The van der Waals surface area contributed by atoms with E-state index in [1.165, 1.54) is 0 Å². The molecule has 0 aliphatic rings. The van der Waals surface area contributed by atoms with Crippen molar-refractivity contribution in [1.29, 1.82) is 0 Å². The van der Waals surface area contributed by atoms with Crippen LogP contribution in [0.3, 0.4) is 0 Å². The van der Waals surface area contributed by atoms with Crippen molar-refractivity contribution in [3.63, 3.8) is 0 Å². The zero-order valence-electron chi connectivity index (χ0n) is 20.9. The summed E-state index contributed by atoms with van der Waals surface area (Å²) in [4.78, 5) is 12.1. The van der Waals surface area contributed by atoms with Crippen molar-refractivity contribution in [3.8, 4) is 0 Å². The highest BCUT2D eigenvalue weighted by Crippen LogP contribution is 2.31. The summed E-state index contributed by atoms with van der Waals surface area (Å²) >= 11 is 0. The van der Waals surface area contributed by atoms with Gasteiger partial charge in [0.2, 0.25) is 6.29 Å². The van der Waals surface area contributed by atoms with Gasteiger partial charge in [-0.25, -0.2) is 4.79 Å². The summed E-state index contributed by atoms with van der Waals surface area (Å²) in [5.74, 6) is -0.527. The van der Waals surface area contributed by atoms with Crippen LogP contribution in [0.5, 0.6) is 0 Å². The molecule has 0 radical (unpaired) electrons. The molecule has 0 aromatic carbocycles. The lowest BCUT2D eigenvalue weighted by Crippen LogP contribution is -2.60. The Bertz CT molecular complexity index is 522. The first kappa shape index (κ1) is 29.9. The lowest BCUT2D eigenvalue weighted by Gasteiger charge is -2.43. The Labute approximate surface area is 187 Å². The van der Waals surface area contributed by atoms with Crippen LogP contribution in [0.1, 0.15) is 20.3 Å². The van der Waals surface area contributed by atoms with Gasteiger partial charge in [-0.05, 0) is 72.8 Å². The van der Waals surface area contributed by atoms with Gasteiger partial charge in [0.1, 0.15) is 0 Å². The molecule has 0 aromatic rings. The van der Waals surface area contributed by atoms with Crippen molar-refractivity contribution in [2.75, 3.05) is 6.61 Å². The van der Waals surface area contributed by atoms with Crippen molar-refractivity contribution >= 4 is 39.7 Å². The maximum absolute atomic E-state index is 12.1. The summed E-state index contributed by atoms with van der Waals surface area (Å²) in [7, 11) is -9.06. The lowest BCUT2D eigenvalue weighted by molar-refractivity contribution is -0.179. The molecule has 7 nitrogen and oxygen atoms in total. The van der Waals surface area contributed by atoms with Crippen LogP contribution in [-0.4, -0.2) is 63.8 Å². The average molecular weight is 497 g/mol. The molecular weight excluding hydrogens is 453 g/mol.